The Morgan fingerprint density at radius 1 is 0.949 bits per heavy atom. The summed E-state index contributed by atoms with van der Waals surface area (Å²) in [5.41, 5.74) is -1.00. The molecule has 0 spiro atoms. The van der Waals surface area contributed by atoms with Crippen molar-refractivity contribution in [2.75, 3.05) is 13.2 Å². The van der Waals surface area contributed by atoms with E-state index in [1.165, 1.54) is 0 Å². The Morgan fingerprint density at radius 2 is 1.62 bits per heavy atom. The molecule has 2 N–H and O–H groups in total. The first kappa shape index (κ1) is 29.0. The van der Waals surface area contributed by atoms with Crippen molar-refractivity contribution in [1.29, 1.82) is 0 Å². The molecule has 2 heterocycles. The van der Waals surface area contributed by atoms with Crippen LogP contribution in [0.25, 0.3) is 0 Å². The summed E-state index contributed by atoms with van der Waals surface area (Å²) in [4.78, 5) is 59.1. The van der Waals surface area contributed by atoms with E-state index in [-0.39, 0.29) is 68.2 Å². The predicted octanol–water partition coefficient (Wildman–Crippen LogP) is 3.03. The lowest BCUT2D eigenvalue weighted by molar-refractivity contribution is -0.215. The van der Waals surface area contributed by atoms with Crippen LogP contribution in [0.4, 0.5) is 0 Å². The fourth-order valence-electron chi connectivity index (χ4n) is 7.71. The normalized spacial score (nSPS) is 37.2. The van der Waals surface area contributed by atoms with Crippen LogP contribution in [0.2, 0.25) is 0 Å². The summed E-state index contributed by atoms with van der Waals surface area (Å²) >= 11 is 0. The third-order valence-electron chi connectivity index (χ3n) is 9.60. The van der Waals surface area contributed by atoms with Crippen LogP contribution in [0.1, 0.15) is 78.6 Å². The van der Waals surface area contributed by atoms with E-state index in [4.69, 9.17) is 29.2 Å². The second-order valence-electron chi connectivity index (χ2n) is 12.0. The molecule has 39 heavy (non-hydrogen) atoms. The SMILES string of the molecule is C[C@@]12CCC3[C@](C)(COC(=O)CCC(=O)O)[C@H](OC(=O)CCC(=O)O)CC[C@@]3(C)[C@@H]1CC(C1=CCOC1=O)O2. The highest BCUT2D eigenvalue weighted by Crippen LogP contribution is 2.66. The van der Waals surface area contributed by atoms with Gasteiger partial charge in [-0.2, -0.15) is 0 Å². The van der Waals surface area contributed by atoms with E-state index >= 15 is 0 Å². The van der Waals surface area contributed by atoms with Crippen molar-refractivity contribution in [3.8, 4) is 0 Å². The molecule has 11 heteroatoms. The monoisotopic (exact) mass is 550 g/mol. The van der Waals surface area contributed by atoms with E-state index in [0.29, 0.717) is 37.7 Å². The van der Waals surface area contributed by atoms with Crippen molar-refractivity contribution in [2.24, 2.45) is 22.7 Å². The van der Waals surface area contributed by atoms with E-state index in [1.807, 2.05) is 6.92 Å². The Morgan fingerprint density at radius 3 is 2.23 bits per heavy atom. The minimum Gasteiger partial charge on any atom is -0.481 e. The van der Waals surface area contributed by atoms with E-state index in [9.17, 15) is 24.0 Å². The van der Waals surface area contributed by atoms with Crippen molar-refractivity contribution < 1.29 is 53.1 Å². The van der Waals surface area contributed by atoms with Crippen molar-refractivity contribution in [1.82, 2.24) is 0 Å². The van der Waals surface area contributed by atoms with Crippen LogP contribution in [-0.4, -0.2) is 71.1 Å². The molecule has 0 amide bonds. The first-order valence-corrected chi connectivity index (χ1v) is 13.6. The molecule has 0 radical (unpaired) electrons. The number of rotatable bonds is 10. The van der Waals surface area contributed by atoms with E-state index in [0.717, 1.165) is 0 Å². The van der Waals surface area contributed by atoms with Gasteiger partial charge in [0.15, 0.2) is 0 Å². The van der Waals surface area contributed by atoms with Crippen LogP contribution in [-0.2, 0) is 42.9 Å². The second-order valence-corrected chi connectivity index (χ2v) is 12.0. The molecule has 7 atom stereocenters. The number of esters is 3. The maximum atomic E-state index is 12.6. The Balaban J connectivity index is 1.58. The fraction of sp³-hybridized carbons (Fsp3) is 0.750. The van der Waals surface area contributed by atoms with Gasteiger partial charge in [-0.15, -0.1) is 0 Å². The second kappa shape index (κ2) is 10.9. The van der Waals surface area contributed by atoms with Gasteiger partial charge in [-0.1, -0.05) is 13.8 Å². The van der Waals surface area contributed by atoms with Gasteiger partial charge in [0.2, 0.25) is 0 Å². The number of ether oxygens (including phenoxy) is 4. The van der Waals surface area contributed by atoms with Gasteiger partial charge in [0, 0.05) is 5.41 Å². The predicted molar refractivity (Wildman–Crippen MR) is 133 cm³/mol. The lowest BCUT2D eigenvalue weighted by Gasteiger charge is -2.62. The van der Waals surface area contributed by atoms with Crippen LogP contribution in [0.5, 0.6) is 0 Å². The van der Waals surface area contributed by atoms with Crippen LogP contribution in [0.15, 0.2) is 11.6 Å². The summed E-state index contributed by atoms with van der Waals surface area (Å²) in [5, 5.41) is 17.9. The van der Waals surface area contributed by atoms with E-state index in [1.54, 1.807) is 6.08 Å². The van der Waals surface area contributed by atoms with Crippen molar-refractivity contribution in [3.05, 3.63) is 11.6 Å². The number of aliphatic carboxylic acids is 2. The zero-order chi connectivity index (χ0) is 28.6. The average Bonchev–Trinajstić information content (AvgIpc) is 3.45. The number of fused-ring (bicyclic) bond motifs is 3. The largest absolute Gasteiger partial charge is 0.481 e. The highest BCUT2D eigenvalue weighted by atomic mass is 16.6. The molecule has 4 rings (SSSR count). The van der Waals surface area contributed by atoms with Crippen LogP contribution < -0.4 is 0 Å². The Kier molecular flexibility index (Phi) is 8.12. The number of carboxylic acid groups (broad SMARTS) is 2. The van der Waals surface area contributed by atoms with Crippen LogP contribution in [0, 0.1) is 22.7 Å². The zero-order valence-corrected chi connectivity index (χ0v) is 22.7. The van der Waals surface area contributed by atoms with Gasteiger partial charge in [-0.3, -0.25) is 19.2 Å². The lowest BCUT2D eigenvalue weighted by Crippen LogP contribution is -2.62. The summed E-state index contributed by atoms with van der Waals surface area (Å²) in [6.45, 7) is 6.39. The third kappa shape index (κ3) is 5.69. The number of hydrogen-bond donors (Lipinski definition) is 2. The summed E-state index contributed by atoms with van der Waals surface area (Å²) in [7, 11) is 0. The molecule has 0 aromatic rings. The zero-order valence-electron chi connectivity index (χ0n) is 22.7. The van der Waals surface area contributed by atoms with Gasteiger partial charge in [0.1, 0.15) is 19.3 Å². The van der Waals surface area contributed by atoms with Crippen LogP contribution in [0.3, 0.4) is 0 Å². The highest BCUT2D eigenvalue weighted by Gasteiger charge is 2.66. The number of carbonyl (C=O) groups is 5. The molecule has 2 unspecified atom stereocenters. The maximum absolute atomic E-state index is 12.6. The van der Waals surface area contributed by atoms with Gasteiger partial charge in [-0.25, -0.2) is 4.79 Å². The summed E-state index contributed by atoms with van der Waals surface area (Å²) in [5.74, 6) is -3.77. The molecule has 0 aromatic carbocycles. The fourth-order valence-corrected chi connectivity index (χ4v) is 7.71. The van der Waals surface area contributed by atoms with Crippen molar-refractivity contribution in [3.63, 3.8) is 0 Å². The van der Waals surface area contributed by atoms with E-state index < -0.39 is 41.0 Å². The first-order chi connectivity index (χ1) is 18.3. The van der Waals surface area contributed by atoms with Gasteiger partial charge in [0.25, 0.3) is 0 Å². The van der Waals surface area contributed by atoms with Gasteiger partial charge < -0.3 is 29.2 Å². The average molecular weight is 551 g/mol. The Hall–Kier alpha value is -2.95. The quantitative estimate of drug-likeness (QED) is 0.304. The molecule has 0 bridgehead atoms. The van der Waals surface area contributed by atoms with Gasteiger partial charge in [-0.05, 0) is 62.4 Å². The maximum Gasteiger partial charge on any atom is 0.336 e. The standard InChI is InChI=1S/C28H38O11/c1-26-11-9-20(38-24(34)7-5-22(31)32)27(2,15-37-23(33)6-4-21(29)30)18(26)8-12-28(3)19(26)14-17(39-28)16-10-13-36-25(16)35/h10,17-20H,4-9,11-15H2,1-3H3,(H,29,30)(H,31,32)/t17?,18?,19-,20+,26+,27-,28+/m0/s1. The molecular formula is C28H38O11. The summed E-state index contributed by atoms with van der Waals surface area (Å²) in [6, 6.07) is 0. The number of carboxylic acids is 2. The number of hydrogen-bond acceptors (Lipinski definition) is 9. The molecule has 1 saturated heterocycles. The third-order valence-corrected chi connectivity index (χ3v) is 9.60. The molecule has 0 aromatic heterocycles. The lowest BCUT2D eigenvalue weighted by atomic mass is 9.44. The molecular weight excluding hydrogens is 512 g/mol. The Bertz CT molecular complexity index is 1070. The number of carbonyl (C=O) groups excluding carboxylic acids is 3. The number of cyclic esters (lactones) is 1. The highest BCUT2D eigenvalue weighted by molar-refractivity contribution is 5.91. The van der Waals surface area contributed by atoms with Crippen molar-refractivity contribution in [2.45, 2.75) is 96.4 Å². The topological polar surface area (TPSA) is 163 Å². The molecule has 2 aliphatic carbocycles. The molecule has 2 saturated carbocycles. The molecule has 2 aliphatic heterocycles. The van der Waals surface area contributed by atoms with Gasteiger partial charge in [0.05, 0.1) is 43.0 Å². The minimum absolute atomic E-state index is 0.0479. The molecule has 4 aliphatic rings. The van der Waals surface area contributed by atoms with E-state index in [2.05, 4.69) is 13.8 Å². The minimum atomic E-state index is -1.10. The Labute approximate surface area is 227 Å². The molecule has 216 valence electrons. The van der Waals surface area contributed by atoms with Crippen molar-refractivity contribution >= 4 is 29.8 Å². The summed E-state index contributed by atoms with van der Waals surface area (Å²) in [6.07, 6.45) is 2.81. The van der Waals surface area contributed by atoms with Crippen LogP contribution >= 0.6 is 0 Å². The molecule has 3 fully saturated rings. The van der Waals surface area contributed by atoms with Gasteiger partial charge >= 0.3 is 29.8 Å². The smallest absolute Gasteiger partial charge is 0.336 e. The molecule has 11 nitrogen and oxygen atoms in total. The summed E-state index contributed by atoms with van der Waals surface area (Å²) < 4.78 is 23.1. The first-order valence-electron chi connectivity index (χ1n) is 13.6.